The maximum atomic E-state index is 4.62. The second kappa shape index (κ2) is 5.76. The largest absolute Gasteiger partial charge is 0.333 e. The molecule has 0 saturated carbocycles. The lowest BCUT2D eigenvalue weighted by Gasteiger charge is -2.20. The van der Waals surface area contributed by atoms with Gasteiger partial charge in [0.05, 0.1) is 11.0 Å². The van der Waals surface area contributed by atoms with E-state index in [0.29, 0.717) is 11.3 Å². The molecular weight excluding hydrogens is 242 g/mol. The van der Waals surface area contributed by atoms with Crippen LogP contribution in [-0.2, 0) is 0 Å². The van der Waals surface area contributed by atoms with E-state index in [4.69, 9.17) is 0 Å². The Hall–Kier alpha value is -1.00. The molecule has 0 radical (unpaired) electrons. The number of nitrogens with one attached hydrogen (secondary N) is 2. The Morgan fingerprint density at radius 2 is 2.22 bits per heavy atom. The Balaban J connectivity index is 2.16. The van der Waals surface area contributed by atoms with Crippen LogP contribution in [0.25, 0.3) is 11.0 Å². The second-order valence-corrected chi connectivity index (χ2v) is 6.05. The van der Waals surface area contributed by atoms with E-state index in [1.165, 1.54) is 5.56 Å². The van der Waals surface area contributed by atoms with Crippen molar-refractivity contribution in [3.05, 3.63) is 23.8 Å². The molecule has 4 heteroatoms. The molecule has 1 aromatic carbocycles. The van der Waals surface area contributed by atoms with Crippen LogP contribution in [-0.4, -0.2) is 28.3 Å². The Labute approximate surface area is 113 Å². The van der Waals surface area contributed by atoms with Gasteiger partial charge >= 0.3 is 0 Å². The number of hydrogen-bond acceptors (Lipinski definition) is 3. The minimum absolute atomic E-state index is 0.502. The SMILES string of the molecule is CCC(NC)C(C)Sc1nc2ccc(C)cc2[nH]1. The third-order valence-corrected chi connectivity index (χ3v) is 4.41. The predicted octanol–water partition coefficient (Wildman–Crippen LogP) is 3.35. The number of rotatable bonds is 5. The number of benzene rings is 1. The first-order valence-corrected chi connectivity index (χ1v) is 7.32. The van der Waals surface area contributed by atoms with E-state index >= 15 is 0 Å². The molecule has 0 bridgehead atoms. The van der Waals surface area contributed by atoms with E-state index in [1.807, 2.05) is 7.05 Å². The van der Waals surface area contributed by atoms with Crippen molar-refractivity contribution in [1.82, 2.24) is 15.3 Å². The lowest BCUT2D eigenvalue weighted by molar-refractivity contribution is 0.541. The molecule has 0 saturated heterocycles. The van der Waals surface area contributed by atoms with Crippen molar-refractivity contribution < 1.29 is 0 Å². The average molecular weight is 263 g/mol. The molecule has 0 aliphatic rings. The highest BCUT2D eigenvalue weighted by molar-refractivity contribution is 7.99. The van der Waals surface area contributed by atoms with Crippen LogP contribution in [0.15, 0.2) is 23.4 Å². The van der Waals surface area contributed by atoms with Gasteiger partial charge in [-0.15, -0.1) is 0 Å². The van der Waals surface area contributed by atoms with Gasteiger partial charge in [0.1, 0.15) is 0 Å². The zero-order valence-electron chi connectivity index (χ0n) is 11.4. The molecule has 0 fully saturated rings. The summed E-state index contributed by atoms with van der Waals surface area (Å²) in [7, 11) is 2.02. The fourth-order valence-electron chi connectivity index (χ4n) is 2.18. The van der Waals surface area contributed by atoms with Gasteiger partial charge in [0.25, 0.3) is 0 Å². The number of fused-ring (bicyclic) bond motifs is 1. The van der Waals surface area contributed by atoms with Crippen LogP contribution in [0.4, 0.5) is 0 Å². The average Bonchev–Trinajstić information content (AvgIpc) is 2.71. The molecule has 2 unspecified atom stereocenters. The van der Waals surface area contributed by atoms with E-state index in [2.05, 4.69) is 54.3 Å². The van der Waals surface area contributed by atoms with Gasteiger partial charge in [-0.2, -0.15) is 0 Å². The molecule has 2 atom stereocenters. The van der Waals surface area contributed by atoms with Crippen LogP contribution in [0.5, 0.6) is 0 Å². The Kier molecular flexibility index (Phi) is 4.30. The molecule has 98 valence electrons. The van der Waals surface area contributed by atoms with Crippen molar-refractivity contribution in [2.24, 2.45) is 0 Å². The zero-order valence-corrected chi connectivity index (χ0v) is 12.3. The summed E-state index contributed by atoms with van der Waals surface area (Å²) in [6.45, 7) is 6.55. The number of H-pyrrole nitrogens is 1. The highest BCUT2D eigenvalue weighted by atomic mass is 32.2. The molecule has 0 aliphatic carbocycles. The fraction of sp³-hybridized carbons (Fsp3) is 0.500. The van der Waals surface area contributed by atoms with Gasteiger partial charge in [-0.25, -0.2) is 4.98 Å². The molecule has 0 spiro atoms. The quantitative estimate of drug-likeness (QED) is 0.813. The van der Waals surface area contributed by atoms with Gasteiger partial charge in [-0.05, 0) is 38.1 Å². The Morgan fingerprint density at radius 3 is 2.89 bits per heavy atom. The molecule has 2 N–H and O–H groups in total. The highest BCUT2D eigenvalue weighted by Crippen LogP contribution is 2.26. The summed E-state index contributed by atoms with van der Waals surface area (Å²) in [4.78, 5) is 8.02. The summed E-state index contributed by atoms with van der Waals surface area (Å²) in [5.74, 6) is 0. The van der Waals surface area contributed by atoms with E-state index in [-0.39, 0.29) is 0 Å². The third kappa shape index (κ3) is 2.87. The lowest BCUT2D eigenvalue weighted by Crippen LogP contribution is -2.33. The molecule has 18 heavy (non-hydrogen) atoms. The first-order valence-electron chi connectivity index (χ1n) is 6.44. The Morgan fingerprint density at radius 1 is 1.44 bits per heavy atom. The predicted molar refractivity (Wildman–Crippen MR) is 79.3 cm³/mol. The lowest BCUT2D eigenvalue weighted by atomic mass is 10.2. The van der Waals surface area contributed by atoms with Gasteiger partial charge < -0.3 is 10.3 Å². The van der Waals surface area contributed by atoms with Crippen LogP contribution in [0, 0.1) is 6.92 Å². The normalized spacial score (nSPS) is 14.9. The first kappa shape index (κ1) is 13.4. The van der Waals surface area contributed by atoms with Crippen molar-refractivity contribution in [3.8, 4) is 0 Å². The van der Waals surface area contributed by atoms with Gasteiger partial charge in [0.15, 0.2) is 5.16 Å². The monoisotopic (exact) mass is 263 g/mol. The summed E-state index contributed by atoms with van der Waals surface area (Å²) in [6, 6.07) is 6.84. The number of hydrogen-bond donors (Lipinski definition) is 2. The second-order valence-electron chi connectivity index (χ2n) is 4.69. The smallest absolute Gasteiger partial charge is 0.166 e. The van der Waals surface area contributed by atoms with Crippen LogP contribution in [0.3, 0.4) is 0 Å². The minimum Gasteiger partial charge on any atom is -0.333 e. The summed E-state index contributed by atoms with van der Waals surface area (Å²) in [5.41, 5.74) is 3.44. The van der Waals surface area contributed by atoms with Gasteiger partial charge in [-0.1, -0.05) is 31.7 Å². The molecule has 1 heterocycles. The van der Waals surface area contributed by atoms with Crippen molar-refractivity contribution in [3.63, 3.8) is 0 Å². The van der Waals surface area contributed by atoms with Crippen molar-refractivity contribution in [1.29, 1.82) is 0 Å². The molecular formula is C14H21N3S. The molecule has 0 amide bonds. The molecule has 1 aromatic heterocycles. The van der Waals surface area contributed by atoms with Crippen molar-refractivity contribution in [2.45, 2.75) is 43.6 Å². The highest BCUT2D eigenvalue weighted by Gasteiger charge is 2.16. The number of imidazole rings is 1. The maximum Gasteiger partial charge on any atom is 0.166 e. The van der Waals surface area contributed by atoms with Crippen LogP contribution in [0.2, 0.25) is 0 Å². The van der Waals surface area contributed by atoms with E-state index in [1.54, 1.807) is 11.8 Å². The van der Waals surface area contributed by atoms with Gasteiger partial charge in [0, 0.05) is 11.3 Å². The van der Waals surface area contributed by atoms with Gasteiger partial charge in [0.2, 0.25) is 0 Å². The standard InChI is InChI=1S/C14H21N3S/c1-5-11(15-4)10(3)18-14-16-12-7-6-9(2)8-13(12)17-14/h6-8,10-11,15H,5H2,1-4H3,(H,16,17). The van der Waals surface area contributed by atoms with E-state index < -0.39 is 0 Å². The van der Waals surface area contributed by atoms with E-state index in [0.717, 1.165) is 22.6 Å². The van der Waals surface area contributed by atoms with E-state index in [9.17, 15) is 0 Å². The van der Waals surface area contributed by atoms with Crippen LogP contribution < -0.4 is 5.32 Å². The summed E-state index contributed by atoms with van der Waals surface area (Å²) < 4.78 is 0. The number of thioether (sulfide) groups is 1. The van der Waals surface area contributed by atoms with Gasteiger partial charge in [-0.3, -0.25) is 0 Å². The maximum absolute atomic E-state index is 4.62. The van der Waals surface area contributed by atoms with Crippen molar-refractivity contribution >= 4 is 22.8 Å². The fourth-order valence-corrected chi connectivity index (χ4v) is 3.35. The number of aromatic nitrogens is 2. The number of nitrogens with zero attached hydrogens (tertiary/aromatic N) is 1. The topological polar surface area (TPSA) is 40.7 Å². The first-order chi connectivity index (χ1) is 8.63. The number of aryl methyl sites for hydroxylation is 1. The summed E-state index contributed by atoms with van der Waals surface area (Å²) >= 11 is 1.80. The van der Waals surface area contributed by atoms with Crippen LogP contribution in [0.1, 0.15) is 25.8 Å². The molecule has 2 rings (SSSR count). The number of aromatic amines is 1. The zero-order chi connectivity index (χ0) is 13.1. The summed E-state index contributed by atoms with van der Waals surface area (Å²) in [6.07, 6.45) is 1.13. The third-order valence-electron chi connectivity index (χ3n) is 3.29. The van der Waals surface area contributed by atoms with Crippen LogP contribution >= 0.6 is 11.8 Å². The molecule has 0 aliphatic heterocycles. The van der Waals surface area contributed by atoms with Crippen molar-refractivity contribution in [2.75, 3.05) is 7.05 Å². The molecule has 3 nitrogen and oxygen atoms in total. The Bertz CT molecular complexity index is 517. The molecule has 2 aromatic rings. The summed E-state index contributed by atoms with van der Waals surface area (Å²) in [5, 5.41) is 4.86. The minimum atomic E-state index is 0.502.